The van der Waals surface area contributed by atoms with Crippen LogP contribution in [0.2, 0.25) is 0 Å². The second kappa shape index (κ2) is 4.67. The Morgan fingerprint density at radius 1 is 1.62 bits per heavy atom. The molecule has 1 saturated carbocycles. The molecule has 0 spiro atoms. The first-order valence-electron chi connectivity index (χ1n) is 5.97. The molecular weight excluding hydrogens is 220 g/mol. The van der Waals surface area contributed by atoms with E-state index in [9.17, 15) is 4.79 Å². The molecule has 1 unspecified atom stereocenters. The SMILES string of the molecule is CC1CC(C#N)(C(=O)NCC2CCCS2)C1. The van der Waals surface area contributed by atoms with Gasteiger partial charge in [-0.2, -0.15) is 17.0 Å². The summed E-state index contributed by atoms with van der Waals surface area (Å²) in [7, 11) is 0. The summed E-state index contributed by atoms with van der Waals surface area (Å²) in [5.41, 5.74) is -0.706. The number of rotatable bonds is 3. The lowest BCUT2D eigenvalue weighted by molar-refractivity contribution is -0.133. The lowest BCUT2D eigenvalue weighted by Crippen LogP contribution is -2.49. The third kappa shape index (κ3) is 2.20. The van der Waals surface area contributed by atoms with E-state index in [2.05, 4.69) is 18.3 Å². The van der Waals surface area contributed by atoms with Crippen LogP contribution in [0.5, 0.6) is 0 Å². The molecule has 0 aromatic heterocycles. The van der Waals surface area contributed by atoms with E-state index in [1.54, 1.807) is 0 Å². The van der Waals surface area contributed by atoms with Crippen molar-refractivity contribution in [3.8, 4) is 6.07 Å². The van der Waals surface area contributed by atoms with Gasteiger partial charge in [0.15, 0.2) is 0 Å². The van der Waals surface area contributed by atoms with Gasteiger partial charge in [0, 0.05) is 11.8 Å². The van der Waals surface area contributed by atoms with E-state index in [1.807, 2.05) is 11.8 Å². The van der Waals surface area contributed by atoms with Crippen LogP contribution in [0, 0.1) is 22.7 Å². The summed E-state index contributed by atoms with van der Waals surface area (Å²) in [5.74, 6) is 1.69. The smallest absolute Gasteiger partial charge is 0.240 e. The summed E-state index contributed by atoms with van der Waals surface area (Å²) in [4.78, 5) is 11.9. The summed E-state index contributed by atoms with van der Waals surface area (Å²) in [6.45, 7) is 2.83. The molecule has 1 heterocycles. The third-order valence-corrected chi connectivity index (χ3v) is 4.95. The molecule has 1 atom stereocenters. The minimum Gasteiger partial charge on any atom is -0.354 e. The Labute approximate surface area is 101 Å². The van der Waals surface area contributed by atoms with Gasteiger partial charge in [0.1, 0.15) is 5.41 Å². The second-order valence-electron chi connectivity index (χ2n) is 5.05. The number of nitrogens with zero attached hydrogens (tertiary/aromatic N) is 1. The highest BCUT2D eigenvalue weighted by Crippen LogP contribution is 2.45. The Balaban J connectivity index is 1.81. The highest BCUT2D eigenvalue weighted by molar-refractivity contribution is 8.00. The van der Waals surface area contributed by atoms with Crippen LogP contribution in [0.15, 0.2) is 0 Å². The van der Waals surface area contributed by atoms with Crippen molar-refractivity contribution >= 4 is 17.7 Å². The molecular formula is C12H18N2OS. The number of hydrogen-bond donors (Lipinski definition) is 1. The molecule has 2 aliphatic rings. The van der Waals surface area contributed by atoms with E-state index < -0.39 is 5.41 Å². The van der Waals surface area contributed by atoms with Crippen molar-refractivity contribution in [1.29, 1.82) is 5.26 Å². The molecule has 0 radical (unpaired) electrons. The predicted molar refractivity (Wildman–Crippen MR) is 64.9 cm³/mol. The molecule has 0 aromatic carbocycles. The van der Waals surface area contributed by atoms with Gasteiger partial charge in [-0.25, -0.2) is 0 Å². The molecule has 1 saturated heterocycles. The van der Waals surface area contributed by atoms with Crippen LogP contribution in [0.4, 0.5) is 0 Å². The van der Waals surface area contributed by atoms with Gasteiger partial charge < -0.3 is 5.32 Å². The Bertz CT molecular complexity index is 311. The van der Waals surface area contributed by atoms with Gasteiger partial charge in [0.2, 0.25) is 5.91 Å². The maximum atomic E-state index is 11.9. The molecule has 1 amide bonds. The third-order valence-electron chi connectivity index (χ3n) is 3.56. The van der Waals surface area contributed by atoms with Gasteiger partial charge in [0.25, 0.3) is 0 Å². The van der Waals surface area contributed by atoms with Gasteiger partial charge in [-0.15, -0.1) is 0 Å². The molecule has 1 aliphatic carbocycles. The van der Waals surface area contributed by atoms with E-state index in [-0.39, 0.29) is 5.91 Å². The van der Waals surface area contributed by atoms with E-state index >= 15 is 0 Å². The zero-order valence-corrected chi connectivity index (χ0v) is 10.5. The summed E-state index contributed by atoms with van der Waals surface area (Å²) in [5, 5.41) is 12.6. The lowest BCUT2D eigenvalue weighted by atomic mass is 9.63. The molecule has 0 bridgehead atoms. The van der Waals surface area contributed by atoms with E-state index in [1.165, 1.54) is 18.6 Å². The van der Waals surface area contributed by atoms with Gasteiger partial charge in [-0.1, -0.05) is 6.92 Å². The van der Waals surface area contributed by atoms with E-state index in [4.69, 9.17) is 5.26 Å². The highest BCUT2D eigenvalue weighted by atomic mass is 32.2. The lowest BCUT2D eigenvalue weighted by Gasteiger charge is -2.39. The fourth-order valence-electron chi connectivity index (χ4n) is 2.64. The van der Waals surface area contributed by atoms with Crippen molar-refractivity contribution < 1.29 is 4.79 Å². The standard InChI is InChI=1S/C12H18N2OS/c1-9-5-12(6-9,8-13)11(15)14-7-10-3-2-4-16-10/h9-10H,2-7H2,1H3,(H,14,15). The zero-order chi connectivity index (χ0) is 11.6. The maximum absolute atomic E-state index is 11.9. The quantitative estimate of drug-likeness (QED) is 0.817. The molecule has 2 rings (SSSR count). The first-order chi connectivity index (χ1) is 7.66. The first kappa shape index (κ1) is 11.8. The second-order valence-corrected chi connectivity index (χ2v) is 6.46. The molecule has 16 heavy (non-hydrogen) atoms. The maximum Gasteiger partial charge on any atom is 0.240 e. The molecule has 88 valence electrons. The van der Waals surface area contributed by atoms with Crippen LogP contribution in [0.3, 0.4) is 0 Å². The van der Waals surface area contributed by atoms with Crippen LogP contribution < -0.4 is 5.32 Å². The van der Waals surface area contributed by atoms with Crippen LogP contribution in [-0.4, -0.2) is 23.5 Å². The normalized spacial score (nSPS) is 37.5. The summed E-state index contributed by atoms with van der Waals surface area (Å²) in [6.07, 6.45) is 3.91. The van der Waals surface area contributed by atoms with E-state index in [0.29, 0.717) is 11.2 Å². The van der Waals surface area contributed by atoms with Crippen molar-refractivity contribution in [3.05, 3.63) is 0 Å². The molecule has 3 nitrogen and oxygen atoms in total. The molecule has 1 aliphatic heterocycles. The summed E-state index contributed by atoms with van der Waals surface area (Å²) < 4.78 is 0. The molecule has 0 aromatic rings. The fraction of sp³-hybridized carbons (Fsp3) is 0.833. The number of hydrogen-bond acceptors (Lipinski definition) is 3. The molecule has 1 N–H and O–H groups in total. The minimum absolute atomic E-state index is 0.0411. The largest absolute Gasteiger partial charge is 0.354 e. The van der Waals surface area contributed by atoms with Crippen molar-refractivity contribution in [2.75, 3.05) is 12.3 Å². The zero-order valence-electron chi connectivity index (χ0n) is 9.66. The van der Waals surface area contributed by atoms with Crippen molar-refractivity contribution in [1.82, 2.24) is 5.32 Å². The van der Waals surface area contributed by atoms with Gasteiger partial charge in [-0.3, -0.25) is 4.79 Å². The fourth-order valence-corrected chi connectivity index (χ4v) is 3.84. The monoisotopic (exact) mass is 238 g/mol. The topological polar surface area (TPSA) is 52.9 Å². The number of carbonyl (C=O) groups excluding carboxylic acids is 1. The average Bonchev–Trinajstić information content (AvgIpc) is 2.73. The Kier molecular flexibility index (Phi) is 3.44. The summed E-state index contributed by atoms with van der Waals surface area (Å²) in [6, 6.07) is 2.20. The Morgan fingerprint density at radius 2 is 2.38 bits per heavy atom. The highest BCUT2D eigenvalue weighted by Gasteiger charge is 2.48. The number of nitriles is 1. The Hall–Kier alpha value is -0.690. The van der Waals surface area contributed by atoms with Crippen molar-refractivity contribution in [3.63, 3.8) is 0 Å². The molecule has 4 heteroatoms. The van der Waals surface area contributed by atoms with Gasteiger partial charge in [-0.05, 0) is 37.4 Å². The average molecular weight is 238 g/mol. The van der Waals surface area contributed by atoms with Crippen molar-refractivity contribution in [2.24, 2.45) is 11.3 Å². The van der Waals surface area contributed by atoms with Crippen LogP contribution in [0.1, 0.15) is 32.6 Å². The minimum atomic E-state index is -0.706. The van der Waals surface area contributed by atoms with Crippen LogP contribution >= 0.6 is 11.8 Å². The predicted octanol–water partition coefficient (Wildman–Crippen LogP) is 1.94. The number of amides is 1. The number of nitrogens with one attached hydrogen (secondary N) is 1. The van der Waals surface area contributed by atoms with E-state index in [0.717, 1.165) is 19.4 Å². The number of thioether (sulfide) groups is 1. The summed E-state index contributed by atoms with van der Waals surface area (Å²) >= 11 is 1.93. The van der Waals surface area contributed by atoms with Crippen LogP contribution in [0.25, 0.3) is 0 Å². The van der Waals surface area contributed by atoms with Crippen molar-refractivity contribution in [2.45, 2.75) is 37.9 Å². The molecule has 2 fully saturated rings. The Morgan fingerprint density at radius 3 is 2.88 bits per heavy atom. The van der Waals surface area contributed by atoms with Gasteiger partial charge >= 0.3 is 0 Å². The van der Waals surface area contributed by atoms with Gasteiger partial charge in [0.05, 0.1) is 6.07 Å². The van der Waals surface area contributed by atoms with Crippen LogP contribution in [-0.2, 0) is 4.79 Å². The number of carbonyl (C=O) groups is 1. The first-order valence-corrected chi connectivity index (χ1v) is 7.02.